The van der Waals surface area contributed by atoms with Gasteiger partial charge < -0.3 is 10.6 Å². The molecule has 0 saturated heterocycles. The van der Waals surface area contributed by atoms with Crippen LogP contribution in [0, 0.1) is 0 Å². The summed E-state index contributed by atoms with van der Waals surface area (Å²) in [5.41, 5.74) is 1.47. The summed E-state index contributed by atoms with van der Waals surface area (Å²) in [6.07, 6.45) is 0. The fourth-order valence-corrected chi connectivity index (χ4v) is 1.83. The maximum Gasteiger partial charge on any atom is 0.252 e. The highest BCUT2D eigenvalue weighted by Gasteiger charge is 2.12. The van der Waals surface area contributed by atoms with Crippen molar-refractivity contribution in [2.45, 2.75) is 19.9 Å². The summed E-state index contributed by atoms with van der Waals surface area (Å²) < 4.78 is 0. The minimum Gasteiger partial charge on any atom is -0.373 e. The number of para-hydroxylation sites is 1. The first kappa shape index (κ1) is 12.4. The molecule has 94 valence electrons. The van der Waals surface area contributed by atoms with E-state index in [4.69, 9.17) is 0 Å². The van der Waals surface area contributed by atoms with Gasteiger partial charge in [-0.05, 0) is 26.0 Å². The number of carbonyl (C=O) groups is 1. The lowest BCUT2D eigenvalue weighted by Gasteiger charge is -2.11. The lowest BCUT2D eigenvalue weighted by atomic mass is 10.1. The third kappa shape index (κ3) is 2.42. The van der Waals surface area contributed by atoms with E-state index in [0.717, 1.165) is 10.9 Å². The summed E-state index contributed by atoms with van der Waals surface area (Å²) in [5, 5.41) is 6.75. The molecular formula is C14H17N3O. The number of carbonyl (C=O) groups excluding carboxylic acids is 1. The molecule has 1 heterocycles. The second-order valence-corrected chi connectivity index (χ2v) is 4.45. The van der Waals surface area contributed by atoms with Crippen LogP contribution in [0.15, 0.2) is 30.3 Å². The molecule has 1 aromatic heterocycles. The second kappa shape index (κ2) is 5.04. The molecule has 0 aliphatic carbocycles. The van der Waals surface area contributed by atoms with E-state index < -0.39 is 0 Å². The molecule has 0 unspecified atom stereocenters. The van der Waals surface area contributed by atoms with Gasteiger partial charge in [-0.1, -0.05) is 18.2 Å². The largest absolute Gasteiger partial charge is 0.373 e. The first-order valence-electron chi connectivity index (χ1n) is 6.00. The van der Waals surface area contributed by atoms with Crippen molar-refractivity contribution in [3.63, 3.8) is 0 Å². The number of nitrogens with zero attached hydrogens (tertiary/aromatic N) is 1. The van der Waals surface area contributed by atoms with Crippen LogP contribution in [-0.4, -0.2) is 24.0 Å². The van der Waals surface area contributed by atoms with Crippen LogP contribution in [0.1, 0.15) is 24.2 Å². The fourth-order valence-electron chi connectivity index (χ4n) is 1.83. The Morgan fingerprint density at radius 3 is 2.67 bits per heavy atom. The van der Waals surface area contributed by atoms with Gasteiger partial charge in [-0.3, -0.25) is 4.79 Å². The predicted molar refractivity (Wildman–Crippen MR) is 73.9 cm³/mol. The average Bonchev–Trinajstić information content (AvgIpc) is 2.36. The fraction of sp³-hybridized carbons (Fsp3) is 0.286. The van der Waals surface area contributed by atoms with Gasteiger partial charge in [0.15, 0.2) is 0 Å². The summed E-state index contributed by atoms with van der Waals surface area (Å²) in [5.74, 6) is 0.628. The van der Waals surface area contributed by atoms with Crippen molar-refractivity contribution in [2.24, 2.45) is 0 Å². The van der Waals surface area contributed by atoms with Crippen LogP contribution >= 0.6 is 0 Å². The lowest BCUT2D eigenvalue weighted by molar-refractivity contribution is 0.0945. The molecule has 0 atom stereocenters. The Morgan fingerprint density at radius 2 is 2.00 bits per heavy atom. The highest BCUT2D eigenvalue weighted by Crippen LogP contribution is 2.20. The Labute approximate surface area is 106 Å². The van der Waals surface area contributed by atoms with Gasteiger partial charge in [-0.25, -0.2) is 4.98 Å². The molecule has 0 aliphatic heterocycles. The number of pyridine rings is 1. The van der Waals surface area contributed by atoms with Crippen molar-refractivity contribution < 1.29 is 4.79 Å². The monoisotopic (exact) mass is 243 g/mol. The zero-order valence-corrected chi connectivity index (χ0v) is 10.8. The van der Waals surface area contributed by atoms with Gasteiger partial charge in [0.05, 0.1) is 11.1 Å². The smallest absolute Gasteiger partial charge is 0.252 e. The minimum atomic E-state index is -0.0694. The quantitative estimate of drug-likeness (QED) is 0.870. The van der Waals surface area contributed by atoms with E-state index in [-0.39, 0.29) is 11.9 Å². The molecule has 0 radical (unpaired) electrons. The van der Waals surface area contributed by atoms with Crippen molar-refractivity contribution >= 4 is 22.6 Å². The number of amides is 1. The van der Waals surface area contributed by atoms with Crippen LogP contribution in [0.5, 0.6) is 0 Å². The molecule has 0 saturated carbocycles. The van der Waals surface area contributed by atoms with Crippen LogP contribution in [-0.2, 0) is 0 Å². The Morgan fingerprint density at radius 1 is 1.28 bits per heavy atom. The molecule has 4 heteroatoms. The Balaban J connectivity index is 2.56. The van der Waals surface area contributed by atoms with Crippen LogP contribution < -0.4 is 10.6 Å². The molecule has 18 heavy (non-hydrogen) atoms. The van der Waals surface area contributed by atoms with Crippen molar-refractivity contribution in [1.29, 1.82) is 0 Å². The number of hydrogen-bond acceptors (Lipinski definition) is 3. The number of fused-ring (bicyclic) bond motifs is 1. The van der Waals surface area contributed by atoms with E-state index >= 15 is 0 Å². The van der Waals surface area contributed by atoms with E-state index in [0.29, 0.717) is 11.4 Å². The lowest BCUT2D eigenvalue weighted by Crippen LogP contribution is -2.30. The van der Waals surface area contributed by atoms with Crippen molar-refractivity contribution in [2.75, 3.05) is 12.4 Å². The van der Waals surface area contributed by atoms with Crippen molar-refractivity contribution in [3.8, 4) is 0 Å². The van der Waals surface area contributed by atoms with Crippen LogP contribution in [0.25, 0.3) is 10.9 Å². The molecule has 0 fully saturated rings. The van der Waals surface area contributed by atoms with E-state index in [1.54, 1.807) is 13.1 Å². The maximum absolute atomic E-state index is 12.2. The molecule has 0 bridgehead atoms. The third-order valence-electron chi connectivity index (χ3n) is 2.64. The number of aromatic nitrogens is 1. The van der Waals surface area contributed by atoms with E-state index in [9.17, 15) is 4.79 Å². The molecule has 4 nitrogen and oxygen atoms in total. The van der Waals surface area contributed by atoms with Gasteiger partial charge in [0.1, 0.15) is 5.82 Å². The third-order valence-corrected chi connectivity index (χ3v) is 2.64. The number of anilines is 1. The number of rotatable bonds is 3. The topological polar surface area (TPSA) is 54.0 Å². The normalized spacial score (nSPS) is 10.7. The van der Waals surface area contributed by atoms with Crippen molar-refractivity contribution in [1.82, 2.24) is 10.3 Å². The van der Waals surface area contributed by atoms with Gasteiger partial charge in [-0.15, -0.1) is 0 Å². The molecule has 1 amide bonds. The minimum absolute atomic E-state index is 0.0694. The van der Waals surface area contributed by atoms with Gasteiger partial charge >= 0.3 is 0 Å². The average molecular weight is 243 g/mol. The van der Waals surface area contributed by atoms with Gasteiger partial charge in [0, 0.05) is 18.5 Å². The molecule has 2 N–H and O–H groups in total. The highest BCUT2D eigenvalue weighted by molar-refractivity contribution is 6.07. The van der Waals surface area contributed by atoms with Crippen LogP contribution in [0.2, 0.25) is 0 Å². The van der Waals surface area contributed by atoms with Gasteiger partial charge in [0.25, 0.3) is 5.91 Å². The molecule has 0 spiro atoms. The molecule has 2 rings (SSSR count). The number of benzene rings is 1. The zero-order chi connectivity index (χ0) is 13.1. The van der Waals surface area contributed by atoms with Crippen LogP contribution in [0.4, 0.5) is 5.82 Å². The summed E-state index contributed by atoms with van der Waals surface area (Å²) in [7, 11) is 1.79. The summed E-state index contributed by atoms with van der Waals surface area (Å²) in [4.78, 5) is 16.6. The molecule has 0 aliphatic rings. The highest BCUT2D eigenvalue weighted by atomic mass is 16.1. The van der Waals surface area contributed by atoms with Gasteiger partial charge in [-0.2, -0.15) is 0 Å². The Hall–Kier alpha value is -2.10. The van der Waals surface area contributed by atoms with E-state index in [1.165, 1.54) is 0 Å². The first-order valence-corrected chi connectivity index (χ1v) is 6.00. The summed E-state index contributed by atoms with van der Waals surface area (Å²) in [6.45, 7) is 3.89. The Bertz CT molecular complexity index is 578. The van der Waals surface area contributed by atoms with Crippen LogP contribution in [0.3, 0.4) is 0 Å². The predicted octanol–water partition coefficient (Wildman–Crippen LogP) is 2.41. The number of hydrogen-bond donors (Lipinski definition) is 2. The molecular weight excluding hydrogens is 226 g/mol. The SMILES string of the molecule is CNc1cc(C(=O)NC(C)C)c2ccccc2n1. The second-order valence-electron chi connectivity index (χ2n) is 4.45. The summed E-state index contributed by atoms with van der Waals surface area (Å²) in [6, 6.07) is 9.54. The van der Waals surface area contributed by atoms with E-state index in [2.05, 4.69) is 15.6 Å². The Kier molecular flexibility index (Phi) is 3.46. The zero-order valence-electron chi connectivity index (χ0n) is 10.8. The standard InChI is InChI=1S/C14H17N3O/c1-9(2)16-14(18)11-8-13(15-3)17-12-7-5-4-6-10(11)12/h4-9H,1-3H3,(H,15,17)(H,16,18). The van der Waals surface area contributed by atoms with Gasteiger partial charge in [0.2, 0.25) is 0 Å². The van der Waals surface area contributed by atoms with Crippen molar-refractivity contribution in [3.05, 3.63) is 35.9 Å². The first-order chi connectivity index (χ1) is 8.61. The number of nitrogens with one attached hydrogen (secondary N) is 2. The molecule has 2 aromatic rings. The van der Waals surface area contributed by atoms with E-state index in [1.807, 2.05) is 38.1 Å². The maximum atomic E-state index is 12.2. The summed E-state index contributed by atoms with van der Waals surface area (Å²) >= 11 is 0. The molecule has 1 aromatic carbocycles.